The maximum absolute atomic E-state index is 17.2. The number of fused-ring (bicyclic) bond motifs is 10. The predicted octanol–water partition coefficient (Wildman–Crippen LogP) is 12.5. The summed E-state index contributed by atoms with van der Waals surface area (Å²) < 4.78 is 75.1. The lowest BCUT2D eigenvalue weighted by Gasteiger charge is -2.49. The molecule has 4 aromatic carbocycles. The minimum Gasteiger partial charge on any atom is -0.507 e. The molecule has 2 saturated heterocycles. The van der Waals surface area contributed by atoms with Gasteiger partial charge in [0, 0.05) is 66.7 Å². The summed E-state index contributed by atoms with van der Waals surface area (Å²) in [6.07, 6.45) is 2.64. The van der Waals surface area contributed by atoms with E-state index in [1.807, 2.05) is 79.0 Å². The Kier molecular flexibility index (Phi) is 16.2. The van der Waals surface area contributed by atoms with Gasteiger partial charge >= 0.3 is 0 Å². The zero-order valence-corrected chi connectivity index (χ0v) is 53.7. The van der Waals surface area contributed by atoms with Crippen molar-refractivity contribution in [3.8, 4) is 50.9 Å². The van der Waals surface area contributed by atoms with Gasteiger partial charge in [-0.25, -0.2) is 37.5 Å². The van der Waals surface area contributed by atoms with Gasteiger partial charge in [-0.3, -0.25) is 28.3 Å². The van der Waals surface area contributed by atoms with E-state index in [1.54, 1.807) is 9.80 Å². The lowest BCUT2D eigenvalue weighted by Crippen LogP contribution is -2.63. The predicted molar refractivity (Wildman–Crippen MR) is 349 cm³/mol. The van der Waals surface area contributed by atoms with Crippen LogP contribution >= 0.6 is 23.2 Å². The fourth-order valence-corrected chi connectivity index (χ4v) is 14.4. The smallest absolute Gasteiger partial charge is 0.300 e. The molecule has 4 atom stereocenters. The molecule has 4 unspecified atom stereocenters. The fraction of sp³-hybridized carbons (Fsp3) is 0.353. The molecule has 2 fully saturated rings. The number of carbonyl (C=O) groups is 2. The molecule has 8 aromatic rings. The second kappa shape index (κ2) is 23.6. The average Bonchev–Trinajstić information content (AvgIpc) is 0.713. The molecule has 18 nitrogen and oxygen atoms in total. The number of piperazine rings is 2. The third-order valence-corrected chi connectivity index (χ3v) is 18.7. The zero-order chi connectivity index (χ0) is 66.1. The van der Waals surface area contributed by atoms with Crippen molar-refractivity contribution in [1.29, 1.82) is 0 Å². The molecule has 2 amide bonds. The van der Waals surface area contributed by atoms with Gasteiger partial charge in [0.15, 0.2) is 5.82 Å². The number of anilines is 3. The quantitative estimate of drug-likeness (QED) is 0.0814. The zero-order valence-electron chi connectivity index (χ0n) is 52.2. The summed E-state index contributed by atoms with van der Waals surface area (Å²) in [7, 11) is 0. The Balaban J connectivity index is 0.978. The van der Waals surface area contributed by atoms with Gasteiger partial charge in [-0.15, -0.1) is 0 Å². The lowest BCUT2D eigenvalue weighted by molar-refractivity contribution is -0.129. The van der Waals surface area contributed by atoms with Gasteiger partial charge in [0.05, 0.1) is 95.4 Å². The molecule has 4 aliphatic rings. The standard InChI is InChI=1S/C68H67Cl2F4N11O7/c1-13-46(88)80-26-37-27-92-64-61(83(37)23-33(80)10)39-21-43(74)50(48-41(72)17-15-19-45(48)87)52(70)59(39)85(68(64)91)63-55(31(6)7)78-65(79-56(63)32(8)9)35(12)66(89)81-25-36-22-75-57-60(82(36)24-34(81)11)38-20-42(73)49(47-40(71)16-14-18-44(47)86)51(69)58(38)84(67(57)90)62-53(29(2)3)76-28-77-54(62)30(4)5/h13-21,28-34,36-37,75,86-87H,1,12,22-27H2,2-11H3. The van der Waals surface area contributed by atoms with Crippen molar-refractivity contribution in [3.05, 3.63) is 157 Å². The molecule has 92 heavy (non-hydrogen) atoms. The van der Waals surface area contributed by atoms with Crippen molar-refractivity contribution in [2.24, 2.45) is 0 Å². The van der Waals surface area contributed by atoms with E-state index < -0.39 is 115 Å². The van der Waals surface area contributed by atoms with Crippen LogP contribution in [0, 0.1) is 23.3 Å². The van der Waals surface area contributed by atoms with Crippen LogP contribution in [-0.4, -0.2) is 124 Å². The number of halogens is 6. The first-order chi connectivity index (χ1) is 43.7. The number of carbonyl (C=O) groups excluding carboxylic acids is 2. The van der Waals surface area contributed by atoms with Crippen molar-refractivity contribution >= 4 is 79.5 Å². The number of hydrogen-bond acceptors (Lipinski definition) is 14. The maximum Gasteiger partial charge on any atom is 0.300 e. The van der Waals surface area contributed by atoms with Crippen molar-refractivity contribution < 1.29 is 42.1 Å². The van der Waals surface area contributed by atoms with Crippen LogP contribution in [0.1, 0.15) is 122 Å². The molecule has 0 spiro atoms. The first kappa shape index (κ1) is 63.1. The molecule has 8 heterocycles. The molecule has 4 aromatic heterocycles. The highest BCUT2D eigenvalue weighted by molar-refractivity contribution is 6.39. The van der Waals surface area contributed by atoms with E-state index in [0.717, 1.165) is 18.2 Å². The monoisotopic (exact) mass is 1300 g/mol. The normalized spacial score (nSPS) is 17.9. The number of ether oxygens (including phenoxy) is 1. The molecular formula is C68H67Cl2F4N11O7. The van der Waals surface area contributed by atoms with Crippen LogP contribution in [0.3, 0.4) is 0 Å². The minimum absolute atomic E-state index is 0.00924. The van der Waals surface area contributed by atoms with Gasteiger partial charge in [-0.1, -0.05) is 104 Å². The molecule has 4 aliphatic heterocycles. The third kappa shape index (κ3) is 9.88. The van der Waals surface area contributed by atoms with Gasteiger partial charge in [0.25, 0.3) is 17.0 Å². The Bertz CT molecular complexity index is 4540. The first-order valence-corrected chi connectivity index (χ1v) is 31.2. The molecule has 0 saturated carbocycles. The lowest BCUT2D eigenvalue weighted by atomic mass is 9.95. The van der Waals surface area contributed by atoms with Crippen LogP contribution in [0.4, 0.5) is 34.6 Å². The summed E-state index contributed by atoms with van der Waals surface area (Å²) in [5.74, 6) is -7.81. The molecule has 0 bridgehead atoms. The molecule has 0 aliphatic carbocycles. The number of nitrogens with zero attached hydrogens (tertiary/aromatic N) is 10. The Morgan fingerprint density at radius 1 is 0.641 bits per heavy atom. The van der Waals surface area contributed by atoms with Gasteiger partial charge < -0.3 is 39.9 Å². The van der Waals surface area contributed by atoms with Gasteiger partial charge in [-0.05, 0) is 80.0 Å². The SMILES string of the molecule is C=CC(=O)N1CC2COc3c(c4cc(F)c(-c5c(O)cccc5F)c(Cl)c4n(-c4c(C(C)C)nc(C(=C)C(=O)N5CC6CNc7c(c8cc(F)c(-c9c(O)cccc9F)c(Cl)c8n(-c8c(C(C)C)ncnc8C(C)C)c7=O)N6CC5C)nc4C(C)C)c3=O)N2CC1C. The van der Waals surface area contributed by atoms with Crippen LogP contribution < -0.4 is 31.0 Å². The van der Waals surface area contributed by atoms with Crippen molar-refractivity contribution in [1.82, 2.24) is 38.9 Å². The molecule has 478 valence electrons. The van der Waals surface area contributed by atoms with E-state index in [9.17, 15) is 15.0 Å². The molecule has 3 N–H and O–H groups in total. The van der Waals surface area contributed by atoms with Gasteiger partial charge in [-0.2, -0.15) is 0 Å². The van der Waals surface area contributed by atoms with E-state index in [-0.39, 0.29) is 135 Å². The molecule has 0 radical (unpaired) electrons. The number of hydrogen-bond donors (Lipinski definition) is 3. The number of aromatic hydroxyl groups is 2. The maximum atomic E-state index is 17.2. The van der Waals surface area contributed by atoms with Crippen LogP contribution in [-0.2, 0) is 9.59 Å². The van der Waals surface area contributed by atoms with E-state index in [1.165, 1.54) is 51.9 Å². The Hall–Kier alpha value is -9.02. The number of phenolic OH excluding ortho intramolecular Hbond substituents is 2. The first-order valence-electron chi connectivity index (χ1n) is 30.5. The number of nitrogens with one attached hydrogen (secondary N) is 1. The number of phenols is 2. The van der Waals surface area contributed by atoms with Crippen molar-refractivity contribution in [2.75, 3.05) is 54.4 Å². The number of rotatable bonds is 11. The van der Waals surface area contributed by atoms with Crippen molar-refractivity contribution in [2.45, 2.75) is 117 Å². The number of aromatic nitrogens is 6. The summed E-state index contributed by atoms with van der Waals surface area (Å²) in [6.45, 7) is 27.1. The largest absolute Gasteiger partial charge is 0.507 e. The second-order valence-electron chi connectivity index (χ2n) is 25.2. The Labute approximate surface area is 537 Å². The van der Waals surface area contributed by atoms with Crippen LogP contribution in [0.15, 0.2) is 83.7 Å². The summed E-state index contributed by atoms with van der Waals surface area (Å²) in [4.78, 5) is 86.1. The summed E-state index contributed by atoms with van der Waals surface area (Å²) in [6, 6.07) is 7.22. The molecule has 24 heteroatoms. The number of amides is 2. The van der Waals surface area contributed by atoms with Crippen molar-refractivity contribution in [3.63, 3.8) is 0 Å². The highest BCUT2D eigenvalue weighted by atomic mass is 35.5. The van der Waals surface area contributed by atoms with Crippen LogP contribution in [0.25, 0.3) is 61.0 Å². The van der Waals surface area contributed by atoms with Crippen LogP contribution in [0.2, 0.25) is 10.0 Å². The van der Waals surface area contributed by atoms with Gasteiger partial charge in [0.1, 0.15) is 53.4 Å². The number of benzene rings is 4. The Morgan fingerprint density at radius 2 is 1.11 bits per heavy atom. The van der Waals surface area contributed by atoms with Gasteiger partial charge in [0.2, 0.25) is 11.7 Å². The third-order valence-electron chi connectivity index (χ3n) is 18.0. The molecule has 12 rings (SSSR count). The molecular weight excluding hydrogens is 1230 g/mol. The van der Waals surface area contributed by atoms with E-state index >= 15 is 31.9 Å². The van der Waals surface area contributed by atoms with E-state index in [4.69, 9.17) is 37.9 Å². The Morgan fingerprint density at radius 3 is 1.61 bits per heavy atom. The fourth-order valence-electron chi connectivity index (χ4n) is 13.6. The summed E-state index contributed by atoms with van der Waals surface area (Å²) in [5, 5.41) is 25.0. The topological polar surface area (TPSA) is 204 Å². The van der Waals surface area contributed by atoms with Crippen LogP contribution in [0.5, 0.6) is 17.2 Å². The number of pyridine rings is 2. The van der Waals surface area contributed by atoms with E-state index in [0.29, 0.717) is 17.1 Å². The second-order valence-corrected chi connectivity index (χ2v) is 26.0. The summed E-state index contributed by atoms with van der Waals surface area (Å²) >= 11 is 14.8. The average molecular weight is 1300 g/mol. The highest BCUT2D eigenvalue weighted by Crippen LogP contribution is 2.51. The highest BCUT2D eigenvalue weighted by Gasteiger charge is 2.45. The summed E-state index contributed by atoms with van der Waals surface area (Å²) in [5.41, 5.74) is -1.04. The van der Waals surface area contributed by atoms with E-state index in [2.05, 4.69) is 28.4 Å². The minimum atomic E-state index is -1.02.